The van der Waals surface area contributed by atoms with E-state index < -0.39 is 12.1 Å². The lowest BCUT2D eigenvalue weighted by molar-refractivity contribution is -0.109. The molecule has 5 heteroatoms. The lowest BCUT2D eigenvalue weighted by Crippen LogP contribution is -2.37. The Hall–Kier alpha value is -2.69. The average Bonchev–Trinajstić information content (AvgIpc) is 2.55. The Morgan fingerprint density at radius 3 is 2.41 bits per heavy atom. The monoisotopic (exact) mass is 301 g/mol. The SMILES string of the molecule is O=C[C@H](Cc1ccc(F)cc1)NC(=O)OCc1ccccc1. The average molecular weight is 301 g/mol. The lowest BCUT2D eigenvalue weighted by Gasteiger charge is -2.13. The van der Waals surface area contributed by atoms with Gasteiger partial charge in [0.25, 0.3) is 0 Å². The van der Waals surface area contributed by atoms with E-state index >= 15 is 0 Å². The van der Waals surface area contributed by atoms with Crippen LogP contribution in [-0.2, 0) is 22.6 Å². The highest BCUT2D eigenvalue weighted by atomic mass is 19.1. The summed E-state index contributed by atoms with van der Waals surface area (Å²) in [4.78, 5) is 22.7. The number of alkyl carbamates (subject to hydrolysis) is 1. The fraction of sp³-hybridized carbons (Fsp3) is 0.176. The van der Waals surface area contributed by atoms with Crippen LogP contribution in [0.4, 0.5) is 9.18 Å². The van der Waals surface area contributed by atoms with Crippen molar-refractivity contribution in [3.63, 3.8) is 0 Å². The molecule has 2 aromatic carbocycles. The van der Waals surface area contributed by atoms with E-state index in [1.54, 1.807) is 12.1 Å². The smallest absolute Gasteiger partial charge is 0.408 e. The Balaban J connectivity index is 1.83. The van der Waals surface area contributed by atoms with Gasteiger partial charge in [0.05, 0.1) is 6.04 Å². The van der Waals surface area contributed by atoms with Gasteiger partial charge >= 0.3 is 6.09 Å². The fourth-order valence-electron chi connectivity index (χ4n) is 1.92. The Labute approximate surface area is 127 Å². The van der Waals surface area contributed by atoms with Gasteiger partial charge in [0.1, 0.15) is 18.7 Å². The van der Waals surface area contributed by atoms with E-state index in [0.29, 0.717) is 6.29 Å². The third-order valence-corrected chi connectivity index (χ3v) is 3.05. The molecule has 0 aromatic heterocycles. The quantitative estimate of drug-likeness (QED) is 0.835. The summed E-state index contributed by atoms with van der Waals surface area (Å²) in [6.07, 6.45) is 0.250. The number of halogens is 1. The molecular weight excluding hydrogens is 285 g/mol. The largest absolute Gasteiger partial charge is 0.445 e. The third kappa shape index (κ3) is 5.01. The van der Waals surface area contributed by atoms with Crippen LogP contribution in [0.15, 0.2) is 54.6 Å². The standard InChI is InChI=1S/C17H16FNO3/c18-15-8-6-13(7-9-15)10-16(11-20)19-17(21)22-12-14-4-2-1-3-5-14/h1-9,11,16H,10,12H2,(H,19,21)/t16-/m0/s1. The summed E-state index contributed by atoms with van der Waals surface area (Å²) in [5.41, 5.74) is 1.61. The van der Waals surface area contributed by atoms with Gasteiger partial charge in [0, 0.05) is 0 Å². The molecule has 0 bridgehead atoms. The van der Waals surface area contributed by atoms with Crippen molar-refractivity contribution in [3.05, 3.63) is 71.5 Å². The molecule has 0 spiro atoms. The summed E-state index contributed by atoms with van der Waals surface area (Å²) in [5.74, 6) is -0.346. The highest BCUT2D eigenvalue weighted by Crippen LogP contribution is 2.06. The van der Waals surface area contributed by atoms with Gasteiger partial charge in [-0.2, -0.15) is 0 Å². The molecule has 1 amide bonds. The molecule has 0 aliphatic heterocycles. The van der Waals surface area contributed by atoms with Gasteiger partial charge in [-0.05, 0) is 29.7 Å². The minimum atomic E-state index is -0.714. The van der Waals surface area contributed by atoms with Gasteiger partial charge in [0.15, 0.2) is 0 Å². The number of hydrogen-bond acceptors (Lipinski definition) is 3. The molecule has 0 saturated carbocycles. The number of hydrogen-bond donors (Lipinski definition) is 1. The molecule has 0 unspecified atom stereocenters. The van der Waals surface area contributed by atoms with E-state index in [4.69, 9.17) is 4.74 Å². The van der Waals surface area contributed by atoms with Gasteiger partial charge < -0.3 is 14.8 Å². The molecule has 0 saturated heterocycles. The zero-order valence-corrected chi connectivity index (χ0v) is 11.9. The topological polar surface area (TPSA) is 55.4 Å². The second-order valence-corrected chi connectivity index (χ2v) is 4.78. The summed E-state index contributed by atoms with van der Waals surface area (Å²) in [5, 5.41) is 2.48. The van der Waals surface area contributed by atoms with Gasteiger partial charge in [-0.1, -0.05) is 42.5 Å². The molecule has 1 N–H and O–H groups in total. The van der Waals surface area contributed by atoms with Crippen LogP contribution >= 0.6 is 0 Å². The second kappa shape index (κ2) is 7.93. The molecule has 0 heterocycles. The van der Waals surface area contributed by atoms with Crippen LogP contribution in [-0.4, -0.2) is 18.4 Å². The normalized spacial score (nSPS) is 11.5. The Bertz CT molecular complexity index is 614. The first-order chi connectivity index (χ1) is 10.7. The highest BCUT2D eigenvalue weighted by molar-refractivity contribution is 5.73. The number of amides is 1. The van der Waals surface area contributed by atoms with Crippen LogP contribution in [0.5, 0.6) is 0 Å². The van der Waals surface area contributed by atoms with E-state index in [9.17, 15) is 14.0 Å². The maximum Gasteiger partial charge on any atom is 0.408 e. The van der Waals surface area contributed by atoms with E-state index in [0.717, 1.165) is 11.1 Å². The Morgan fingerprint density at radius 2 is 1.77 bits per heavy atom. The highest BCUT2D eigenvalue weighted by Gasteiger charge is 2.13. The van der Waals surface area contributed by atoms with Crippen LogP contribution in [0.25, 0.3) is 0 Å². The molecular formula is C17H16FNO3. The van der Waals surface area contributed by atoms with Crippen molar-refractivity contribution in [3.8, 4) is 0 Å². The van der Waals surface area contributed by atoms with Crippen LogP contribution in [0.3, 0.4) is 0 Å². The molecule has 22 heavy (non-hydrogen) atoms. The molecule has 1 atom stereocenters. The first kappa shape index (κ1) is 15.7. The maximum absolute atomic E-state index is 12.8. The molecule has 4 nitrogen and oxygen atoms in total. The second-order valence-electron chi connectivity index (χ2n) is 4.78. The Morgan fingerprint density at radius 1 is 1.09 bits per heavy atom. The molecule has 2 rings (SSSR count). The van der Waals surface area contributed by atoms with Crippen molar-refractivity contribution in [1.82, 2.24) is 5.32 Å². The van der Waals surface area contributed by atoms with Crippen LogP contribution in [0.1, 0.15) is 11.1 Å². The minimum Gasteiger partial charge on any atom is -0.445 e. The summed E-state index contributed by atoms with van der Waals surface area (Å²) < 4.78 is 17.9. The number of carbonyl (C=O) groups excluding carboxylic acids is 2. The number of nitrogens with one attached hydrogen (secondary N) is 1. The number of rotatable bonds is 6. The van der Waals surface area contributed by atoms with Gasteiger partial charge in [0.2, 0.25) is 0 Å². The van der Waals surface area contributed by atoms with Crippen molar-refractivity contribution in [2.24, 2.45) is 0 Å². The van der Waals surface area contributed by atoms with Gasteiger partial charge in [-0.15, -0.1) is 0 Å². The summed E-state index contributed by atoms with van der Waals surface area (Å²) >= 11 is 0. The van der Waals surface area contributed by atoms with Crippen molar-refractivity contribution >= 4 is 12.4 Å². The number of benzene rings is 2. The van der Waals surface area contributed by atoms with Crippen LogP contribution in [0, 0.1) is 5.82 Å². The first-order valence-corrected chi connectivity index (χ1v) is 6.84. The van der Waals surface area contributed by atoms with E-state index in [2.05, 4.69) is 5.32 Å². The van der Waals surface area contributed by atoms with E-state index in [-0.39, 0.29) is 18.8 Å². The number of ether oxygens (including phenoxy) is 1. The van der Waals surface area contributed by atoms with Crippen molar-refractivity contribution in [2.45, 2.75) is 19.1 Å². The molecule has 0 aliphatic carbocycles. The Kier molecular flexibility index (Phi) is 5.65. The minimum absolute atomic E-state index is 0.134. The molecule has 2 aromatic rings. The number of carbonyl (C=O) groups is 2. The van der Waals surface area contributed by atoms with Crippen molar-refractivity contribution in [1.29, 1.82) is 0 Å². The lowest BCUT2D eigenvalue weighted by atomic mass is 10.1. The van der Waals surface area contributed by atoms with Gasteiger partial charge in [-0.25, -0.2) is 9.18 Å². The van der Waals surface area contributed by atoms with E-state index in [1.165, 1.54) is 12.1 Å². The predicted molar refractivity (Wildman–Crippen MR) is 79.7 cm³/mol. The third-order valence-electron chi connectivity index (χ3n) is 3.05. The summed E-state index contributed by atoms with van der Waals surface area (Å²) in [7, 11) is 0. The number of aldehydes is 1. The zero-order valence-electron chi connectivity index (χ0n) is 11.9. The predicted octanol–water partition coefficient (Wildman–Crippen LogP) is 2.86. The summed E-state index contributed by atoms with van der Waals surface area (Å²) in [6.45, 7) is 0.134. The molecule has 114 valence electrons. The first-order valence-electron chi connectivity index (χ1n) is 6.84. The van der Waals surface area contributed by atoms with Crippen molar-refractivity contribution < 1.29 is 18.7 Å². The zero-order chi connectivity index (χ0) is 15.8. The van der Waals surface area contributed by atoms with E-state index in [1.807, 2.05) is 30.3 Å². The summed E-state index contributed by atoms with van der Waals surface area (Å²) in [6, 6.07) is 14.3. The maximum atomic E-state index is 12.8. The van der Waals surface area contributed by atoms with Crippen molar-refractivity contribution in [2.75, 3.05) is 0 Å². The molecule has 0 radical (unpaired) electrons. The van der Waals surface area contributed by atoms with Gasteiger partial charge in [-0.3, -0.25) is 0 Å². The fourth-order valence-corrected chi connectivity index (χ4v) is 1.92. The van der Waals surface area contributed by atoms with Crippen LogP contribution < -0.4 is 5.32 Å². The molecule has 0 aliphatic rings. The van der Waals surface area contributed by atoms with Crippen LogP contribution in [0.2, 0.25) is 0 Å². The molecule has 0 fully saturated rings.